The summed E-state index contributed by atoms with van der Waals surface area (Å²) < 4.78 is 28.1. The number of carbonyl (C=O) groups is 1. The van der Waals surface area contributed by atoms with Crippen LogP contribution < -0.4 is 0 Å². The van der Waals surface area contributed by atoms with Crippen molar-refractivity contribution in [3.8, 4) is 11.4 Å². The summed E-state index contributed by atoms with van der Waals surface area (Å²) in [5.41, 5.74) is 1.24. The SMILES string of the molecule is CC(C)c1nc(-c2cccnc2)ncc1S(=O)(=O)N1CCN(C(=O)C2CC2)CC1. The molecule has 1 aliphatic carbocycles. The zero-order chi connectivity index (χ0) is 20.6. The number of pyridine rings is 1. The van der Waals surface area contributed by atoms with E-state index in [-0.39, 0.29) is 22.6 Å². The van der Waals surface area contributed by atoms with Gasteiger partial charge in [0.15, 0.2) is 5.82 Å². The summed E-state index contributed by atoms with van der Waals surface area (Å²) in [5.74, 6) is 0.685. The highest BCUT2D eigenvalue weighted by Gasteiger charge is 2.37. The lowest BCUT2D eigenvalue weighted by Crippen LogP contribution is -2.51. The van der Waals surface area contributed by atoms with Crippen LogP contribution in [0.25, 0.3) is 11.4 Å². The summed E-state index contributed by atoms with van der Waals surface area (Å²) >= 11 is 0. The predicted molar refractivity (Wildman–Crippen MR) is 107 cm³/mol. The first-order valence-electron chi connectivity index (χ1n) is 9.94. The summed E-state index contributed by atoms with van der Waals surface area (Å²) in [7, 11) is -3.74. The van der Waals surface area contributed by atoms with Gasteiger partial charge < -0.3 is 4.90 Å². The van der Waals surface area contributed by atoms with Gasteiger partial charge in [-0.1, -0.05) is 13.8 Å². The molecule has 0 spiro atoms. The third kappa shape index (κ3) is 4.02. The Bertz CT molecular complexity index is 998. The Labute approximate surface area is 171 Å². The molecule has 0 radical (unpaired) electrons. The number of piperazine rings is 1. The van der Waals surface area contributed by atoms with Gasteiger partial charge >= 0.3 is 0 Å². The zero-order valence-electron chi connectivity index (χ0n) is 16.7. The van der Waals surface area contributed by atoms with Crippen molar-refractivity contribution in [3.63, 3.8) is 0 Å². The number of carbonyl (C=O) groups excluding carboxylic acids is 1. The summed E-state index contributed by atoms with van der Waals surface area (Å²) in [6, 6.07) is 3.64. The topological polar surface area (TPSA) is 96.4 Å². The van der Waals surface area contributed by atoms with Gasteiger partial charge in [0.1, 0.15) is 4.90 Å². The van der Waals surface area contributed by atoms with Crippen molar-refractivity contribution < 1.29 is 13.2 Å². The predicted octanol–water partition coefficient (Wildman–Crippen LogP) is 1.90. The maximum Gasteiger partial charge on any atom is 0.246 e. The Hall–Kier alpha value is -2.39. The quantitative estimate of drug-likeness (QED) is 0.740. The van der Waals surface area contributed by atoms with E-state index >= 15 is 0 Å². The Morgan fingerprint density at radius 1 is 1.14 bits per heavy atom. The van der Waals surface area contributed by atoms with Gasteiger partial charge in [-0.2, -0.15) is 4.31 Å². The Morgan fingerprint density at radius 3 is 2.45 bits per heavy atom. The number of nitrogens with zero attached hydrogens (tertiary/aromatic N) is 5. The lowest BCUT2D eigenvalue weighted by atomic mass is 10.1. The van der Waals surface area contributed by atoms with E-state index in [0.717, 1.165) is 18.4 Å². The number of rotatable bonds is 5. The van der Waals surface area contributed by atoms with Gasteiger partial charge in [0.2, 0.25) is 15.9 Å². The molecule has 2 aromatic rings. The maximum absolute atomic E-state index is 13.3. The number of sulfonamides is 1. The van der Waals surface area contributed by atoms with Crippen molar-refractivity contribution in [1.82, 2.24) is 24.2 Å². The van der Waals surface area contributed by atoms with E-state index in [1.54, 1.807) is 23.4 Å². The van der Waals surface area contributed by atoms with Crippen molar-refractivity contribution in [2.45, 2.75) is 37.5 Å². The van der Waals surface area contributed by atoms with Crippen molar-refractivity contribution in [2.24, 2.45) is 5.92 Å². The van der Waals surface area contributed by atoms with Crippen molar-refractivity contribution in [2.75, 3.05) is 26.2 Å². The monoisotopic (exact) mass is 415 g/mol. The first-order chi connectivity index (χ1) is 13.9. The number of amides is 1. The van der Waals surface area contributed by atoms with E-state index in [2.05, 4.69) is 15.0 Å². The molecule has 0 atom stereocenters. The fraction of sp³-hybridized carbons (Fsp3) is 0.500. The minimum absolute atomic E-state index is 0.0871. The van der Waals surface area contributed by atoms with Gasteiger partial charge in [-0.25, -0.2) is 18.4 Å². The number of hydrogen-bond donors (Lipinski definition) is 0. The Kier molecular flexibility index (Phi) is 5.35. The summed E-state index contributed by atoms with van der Waals surface area (Å²) in [4.78, 5) is 27.1. The van der Waals surface area contributed by atoms with Crippen LogP contribution in [-0.4, -0.2) is 64.7 Å². The fourth-order valence-corrected chi connectivity index (χ4v) is 5.16. The molecule has 29 heavy (non-hydrogen) atoms. The van der Waals surface area contributed by atoms with Crippen LogP contribution in [-0.2, 0) is 14.8 Å². The van der Waals surface area contributed by atoms with Crippen molar-refractivity contribution in [3.05, 3.63) is 36.4 Å². The highest BCUT2D eigenvalue weighted by Crippen LogP contribution is 2.32. The second-order valence-corrected chi connectivity index (χ2v) is 9.75. The minimum Gasteiger partial charge on any atom is -0.340 e. The second kappa shape index (κ2) is 7.79. The van der Waals surface area contributed by atoms with E-state index in [1.165, 1.54) is 10.5 Å². The third-order valence-corrected chi connectivity index (χ3v) is 7.26. The lowest BCUT2D eigenvalue weighted by molar-refractivity contribution is -0.133. The van der Waals surface area contributed by atoms with Gasteiger partial charge in [-0.05, 0) is 30.9 Å². The van der Waals surface area contributed by atoms with Gasteiger partial charge in [-0.15, -0.1) is 0 Å². The van der Waals surface area contributed by atoms with E-state index in [1.807, 2.05) is 19.9 Å². The minimum atomic E-state index is -3.74. The summed E-state index contributed by atoms with van der Waals surface area (Å²) in [6.45, 7) is 5.28. The zero-order valence-corrected chi connectivity index (χ0v) is 17.5. The molecule has 0 bridgehead atoms. The molecule has 4 rings (SSSR count). The Morgan fingerprint density at radius 2 is 1.86 bits per heavy atom. The summed E-state index contributed by atoms with van der Waals surface area (Å²) in [5, 5.41) is 0. The molecule has 2 fully saturated rings. The average Bonchev–Trinajstić information content (AvgIpc) is 3.59. The number of aromatic nitrogens is 3. The first-order valence-corrected chi connectivity index (χ1v) is 11.4. The normalized spacial score (nSPS) is 18.2. The molecule has 1 aliphatic heterocycles. The molecule has 0 aromatic carbocycles. The summed E-state index contributed by atoms with van der Waals surface area (Å²) in [6.07, 6.45) is 6.64. The van der Waals surface area contributed by atoms with Crippen LogP contribution in [0.4, 0.5) is 0 Å². The van der Waals surface area contributed by atoms with Gasteiger partial charge in [0.05, 0.1) is 11.9 Å². The largest absolute Gasteiger partial charge is 0.340 e. The molecule has 154 valence electrons. The highest BCUT2D eigenvalue weighted by atomic mass is 32.2. The fourth-order valence-electron chi connectivity index (χ4n) is 3.51. The molecule has 8 nitrogen and oxygen atoms in total. The molecule has 0 N–H and O–H groups in total. The van der Waals surface area contributed by atoms with E-state index in [9.17, 15) is 13.2 Å². The standard InChI is InChI=1S/C20H25N5O3S/c1-14(2)18-17(13-22-19(23-18)16-4-3-7-21-12-16)29(27,28)25-10-8-24(9-11-25)20(26)15-5-6-15/h3-4,7,12-15H,5-6,8-11H2,1-2H3. The molecular formula is C20H25N5O3S. The van der Waals surface area contributed by atoms with Crippen LogP contribution in [0.3, 0.4) is 0 Å². The first kappa shape index (κ1) is 19.9. The molecule has 1 amide bonds. The third-order valence-electron chi connectivity index (χ3n) is 5.34. The second-order valence-electron chi connectivity index (χ2n) is 7.84. The smallest absolute Gasteiger partial charge is 0.246 e. The highest BCUT2D eigenvalue weighted by molar-refractivity contribution is 7.89. The molecule has 0 unspecified atom stereocenters. The van der Waals surface area contributed by atoms with Gasteiger partial charge in [-0.3, -0.25) is 9.78 Å². The molecule has 1 saturated carbocycles. The molecule has 1 saturated heterocycles. The maximum atomic E-state index is 13.3. The van der Waals surface area contributed by atoms with Gasteiger partial charge in [0, 0.05) is 50.1 Å². The van der Waals surface area contributed by atoms with Crippen LogP contribution >= 0.6 is 0 Å². The van der Waals surface area contributed by atoms with Crippen LogP contribution in [0.1, 0.15) is 38.3 Å². The van der Waals surface area contributed by atoms with Gasteiger partial charge in [0.25, 0.3) is 0 Å². The van der Waals surface area contributed by atoms with Crippen LogP contribution in [0.5, 0.6) is 0 Å². The van der Waals surface area contributed by atoms with E-state index in [0.29, 0.717) is 37.7 Å². The average molecular weight is 416 g/mol. The lowest BCUT2D eigenvalue weighted by Gasteiger charge is -2.34. The molecule has 9 heteroatoms. The van der Waals surface area contributed by atoms with Crippen LogP contribution in [0, 0.1) is 5.92 Å². The molecule has 3 heterocycles. The van der Waals surface area contributed by atoms with Crippen molar-refractivity contribution in [1.29, 1.82) is 0 Å². The van der Waals surface area contributed by atoms with Crippen LogP contribution in [0.15, 0.2) is 35.6 Å². The number of hydrogen-bond acceptors (Lipinski definition) is 6. The Balaban J connectivity index is 1.58. The molecular weight excluding hydrogens is 390 g/mol. The molecule has 2 aromatic heterocycles. The van der Waals surface area contributed by atoms with Crippen LogP contribution in [0.2, 0.25) is 0 Å². The molecule has 2 aliphatic rings. The van der Waals surface area contributed by atoms with Crippen molar-refractivity contribution >= 4 is 15.9 Å². The van der Waals surface area contributed by atoms with E-state index < -0.39 is 10.0 Å². The van der Waals surface area contributed by atoms with E-state index in [4.69, 9.17) is 0 Å².